The number of nitrogens with two attached hydrogens (primary N) is 1. The molecule has 112 valence electrons. The van der Waals surface area contributed by atoms with Crippen molar-refractivity contribution in [3.8, 4) is 11.8 Å². The van der Waals surface area contributed by atoms with Gasteiger partial charge in [0.05, 0.1) is 18.7 Å². The molecule has 0 saturated heterocycles. The Kier molecular flexibility index (Phi) is 6.37. The molecule has 5 nitrogen and oxygen atoms in total. The minimum Gasteiger partial charge on any atom is -0.358 e. The average molecular weight is 291 g/mol. The summed E-state index contributed by atoms with van der Waals surface area (Å²) in [7, 11) is 1.48. The monoisotopic (exact) mass is 291 g/mol. The number of benzene rings is 1. The summed E-state index contributed by atoms with van der Waals surface area (Å²) >= 11 is 0. The number of hydrogen-bond acceptors (Lipinski definition) is 3. The van der Waals surface area contributed by atoms with E-state index in [9.17, 15) is 14.0 Å². The van der Waals surface area contributed by atoms with Crippen molar-refractivity contribution in [1.29, 1.82) is 0 Å². The van der Waals surface area contributed by atoms with Gasteiger partial charge in [-0.2, -0.15) is 0 Å². The van der Waals surface area contributed by atoms with Gasteiger partial charge in [-0.25, -0.2) is 4.39 Å². The highest BCUT2D eigenvalue weighted by atomic mass is 19.1. The van der Waals surface area contributed by atoms with Gasteiger partial charge in [0.1, 0.15) is 5.82 Å². The van der Waals surface area contributed by atoms with Crippen molar-refractivity contribution in [3.05, 3.63) is 35.1 Å². The highest BCUT2D eigenvalue weighted by Gasteiger charge is 2.20. The van der Waals surface area contributed by atoms with Crippen LogP contribution in [0.4, 0.5) is 4.39 Å². The predicted octanol–water partition coefficient (Wildman–Crippen LogP) is 0.344. The van der Waals surface area contributed by atoms with E-state index in [-0.39, 0.29) is 24.6 Å². The first-order chi connectivity index (χ1) is 10.0. The highest BCUT2D eigenvalue weighted by Crippen LogP contribution is 2.12. The zero-order chi connectivity index (χ0) is 15.8. The van der Waals surface area contributed by atoms with Crippen molar-refractivity contribution in [2.75, 3.05) is 26.7 Å². The van der Waals surface area contributed by atoms with Crippen molar-refractivity contribution < 1.29 is 14.0 Å². The third-order valence-electron chi connectivity index (χ3n) is 2.82. The summed E-state index contributed by atoms with van der Waals surface area (Å²) in [5.74, 6) is 3.80. The van der Waals surface area contributed by atoms with E-state index in [4.69, 9.17) is 5.73 Å². The summed E-state index contributed by atoms with van der Waals surface area (Å²) in [6, 6.07) is 4.10. The zero-order valence-corrected chi connectivity index (χ0v) is 12.1. The van der Waals surface area contributed by atoms with Crippen molar-refractivity contribution in [2.45, 2.75) is 6.92 Å². The first kappa shape index (κ1) is 16.7. The molecule has 0 atom stereocenters. The Morgan fingerprint density at radius 1 is 1.43 bits per heavy atom. The SMILES string of the molecule is CCN(CC(=O)NC)C(=O)c1ccc(C#CCN)cc1F. The molecular weight excluding hydrogens is 273 g/mol. The summed E-state index contributed by atoms with van der Waals surface area (Å²) in [6.45, 7) is 2.10. The number of likely N-dealkylation sites (N-methyl/N-ethyl adjacent to an activating group) is 2. The highest BCUT2D eigenvalue weighted by molar-refractivity contribution is 5.96. The fraction of sp³-hybridized carbons (Fsp3) is 0.333. The van der Waals surface area contributed by atoms with Crippen molar-refractivity contribution in [3.63, 3.8) is 0 Å². The van der Waals surface area contributed by atoms with Crippen molar-refractivity contribution in [2.24, 2.45) is 5.73 Å². The molecule has 3 N–H and O–H groups in total. The van der Waals surface area contributed by atoms with Crippen LogP contribution in [0.2, 0.25) is 0 Å². The van der Waals surface area contributed by atoms with Gasteiger partial charge < -0.3 is 16.0 Å². The number of nitrogens with zero attached hydrogens (tertiary/aromatic N) is 1. The van der Waals surface area contributed by atoms with Gasteiger partial charge in [-0.1, -0.05) is 11.8 Å². The lowest BCUT2D eigenvalue weighted by molar-refractivity contribution is -0.121. The zero-order valence-electron chi connectivity index (χ0n) is 12.1. The first-order valence-corrected chi connectivity index (χ1v) is 6.51. The Morgan fingerprint density at radius 3 is 2.67 bits per heavy atom. The topological polar surface area (TPSA) is 75.4 Å². The van der Waals surface area contributed by atoms with Crippen LogP contribution in [0, 0.1) is 17.7 Å². The minimum atomic E-state index is -0.667. The molecule has 1 aromatic carbocycles. The Bertz CT molecular complexity index is 590. The fourth-order valence-electron chi connectivity index (χ4n) is 1.67. The maximum atomic E-state index is 14.0. The van der Waals surface area contributed by atoms with Crippen LogP contribution >= 0.6 is 0 Å². The molecule has 1 rings (SSSR count). The third-order valence-corrected chi connectivity index (χ3v) is 2.82. The maximum absolute atomic E-state index is 14.0. The summed E-state index contributed by atoms with van der Waals surface area (Å²) in [5.41, 5.74) is 5.61. The number of carbonyl (C=O) groups is 2. The summed E-state index contributed by atoms with van der Waals surface area (Å²) < 4.78 is 14.0. The second kappa shape index (κ2) is 8.02. The summed E-state index contributed by atoms with van der Waals surface area (Å²) in [6.07, 6.45) is 0. The first-order valence-electron chi connectivity index (χ1n) is 6.51. The van der Waals surface area contributed by atoms with Crippen molar-refractivity contribution >= 4 is 11.8 Å². The lowest BCUT2D eigenvalue weighted by Crippen LogP contribution is -2.39. The van der Waals surface area contributed by atoms with Gasteiger partial charge in [0.15, 0.2) is 0 Å². The van der Waals surface area contributed by atoms with Gasteiger partial charge in [-0.05, 0) is 25.1 Å². The minimum absolute atomic E-state index is 0.0842. The molecule has 6 heteroatoms. The van der Waals surface area contributed by atoms with Crippen LogP contribution in [0.15, 0.2) is 18.2 Å². The summed E-state index contributed by atoms with van der Waals surface area (Å²) in [4.78, 5) is 24.8. The Balaban J connectivity index is 2.98. The molecular formula is C15H18FN3O2. The number of nitrogens with one attached hydrogen (secondary N) is 1. The predicted molar refractivity (Wildman–Crippen MR) is 78.0 cm³/mol. The van der Waals surface area contributed by atoms with E-state index in [0.717, 1.165) is 0 Å². The van der Waals surface area contributed by atoms with Crippen LogP contribution in [0.3, 0.4) is 0 Å². The van der Waals surface area contributed by atoms with Gasteiger partial charge in [-0.3, -0.25) is 9.59 Å². The third kappa shape index (κ3) is 4.58. The number of halogens is 1. The number of hydrogen-bond donors (Lipinski definition) is 2. The summed E-state index contributed by atoms with van der Waals surface area (Å²) in [5, 5.41) is 2.43. The molecule has 0 aromatic heterocycles. The molecule has 0 aliphatic heterocycles. The van der Waals surface area contributed by atoms with E-state index in [2.05, 4.69) is 17.2 Å². The van der Waals surface area contributed by atoms with Crippen LogP contribution < -0.4 is 11.1 Å². The molecule has 2 amide bonds. The number of rotatable bonds is 4. The molecule has 0 unspecified atom stereocenters. The molecule has 0 radical (unpaired) electrons. The van der Waals surface area contributed by atoms with E-state index in [1.165, 1.54) is 24.1 Å². The molecule has 0 saturated carbocycles. The molecule has 0 heterocycles. The smallest absolute Gasteiger partial charge is 0.257 e. The van der Waals surface area contributed by atoms with Gasteiger partial charge in [-0.15, -0.1) is 0 Å². The van der Waals surface area contributed by atoms with Crippen LogP contribution in [0.5, 0.6) is 0 Å². The maximum Gasteiger partial charge on any atom is 0.257 e. The molecule has 0 spiro atoms. The van der Waals surface area contributed by atoms with Gasteiger partial charge in [0.2, 0.25) is 5.91 Å². The molecule has 0 aliphatic rings. The van der Waals surface area contributed by atoms with E-state index in [1.807, 2.05) is 0 Å². The second-order valence-corrected chi connectivity index (χ2v) is 4.19. The molecule has 21 heavy (non-hydrogen) atoms. The van der Waals surface area contributed by atoms with Crippen molar-refractivity contribution in [1.82, 2.24) is 10.2 Å². The largest absolute Gasteiger partial charge is 0.358 e. The lowest BCUT2D eigenvalue weighted by atomic mass is 10.1. The second-order valence-electron chi connectivity index (χ2n) is 4.19. The van der Waals surface area contributed by atoms with Gasteiger partial charge in [0.25, 0.3) is 5.91 Å². The van der Waals surface area contributed by atoms with E-state index < -0.39 is 11.7 Å². The van der Waals surface area contributed by atoms with E-state index in [0.29, 0.717) is 12.1 Å². The van der Waals surface area contributed by atoms with Crippen LogP contribution in [0.25, 0.3) is 0 Å². The quantitative estimate of drug-likeness (QED) is 0.786. The van der Waals surface area contributed by atoms with Gasteiger partial charge >= 0.3 is 0 Å². The Labute approximate surface area is 123 Å². The average Bonchev–Trinajstić information content (AvgIpc) is 2.49. The Morgan fingerprint density at radius 2 is 2.14 bits per heavy atom. The van der Waals surface area contributed by atoms with Crippen LogP contribution in [-0.4, -0.2) is 43.4 Å². The van der Waals surface area contributed by atoms with Gasteiger partial charge in [0, 0.05) is 19.2 Å². The normalized spacial score (nSPS) is 9.52. The van der Waals surface area contributed by atoms with E-state index in [1.54, 1.807) is 13.0 Å². The fourth-order valence-corrected chi connectivity index (χ4v) is 1.67. The Hall–Kier alpha value is -2.39. The lowest BCUT2D eigenvalue weighted by Gasteiger charge is -2.20. The number of carbonyl (C=O) groups excluding carboxylic acids is 2. The number of amides is 2. The van der Waals surface area contributed by atoms with E-state index >= 15 is 0 Å². The molecule has 1 aromatic rings. The van der Waals surface area contributed by atoms with Crippen LogP contribution in [0.1, 0.15) is 22.8 Å². The molecule has 0 fully saturated rings. The van der Waals surface area contributed by atoms with Crippen LogP contribution in [-0.2, 0) is 4.79 Å². The standard InChI is InChI=1S/C15H18FN3O2/c1-3-19(10-14(20)18-2)15(21)12-7-6-11(5-4-8-17)9-13(12)16/h6-7,9H,3,8,10,17H2,1-2H3,(H,18,20). The molecule has 0 bridgehead atoms. The molecule has 0 aliphatic carbocycles.